The maximum atomic E-state index is 5.82. The third kappa shape index (κ3) is 4.06. The molecule has 1 aliphatic rings. The number of morpholine rings is 1. The number of furan rings is 1. The summed E-state index contributed by atoms with van der Waals surface area (Å²) in [4.78, 5) is 2.46. The van der Waals surface area contributed by atoms with E-state index >= 15 is 0 Å². The van der Waals surface area contributed by atoms with Crippen molar-refractivity contribution in [2.75, 3.05) is 19.8 Å². The van der Waals surface area contributed by atoms with Crippen LogP contribution in [0.1, 0.15) is 37.9 Å². The monoisotopic (exact) mass is 266 g/mol. The van der Waals surface area contributed by atoms with Crippen molar-refractivity contribution in [3.05, 3.63) is 23.2 Å². The number of hydrogen-bond donors (Lipinski definition) is 1. The van der Waals surface area contributed by atoms with Gasteiger partial charge in [-0.05, 0) is 19.9 Å². The first-order chi connectivity index (χ1) is 9.06. The summed E-state index contributed by atoms with van der Waals surface area (Å²) < 4.78 is 11.3. The molecule has 0 bridgehead atoms. The van der Waals surface area contributed by atoms with E-state index < -0.39 is 0 Å². The molecule has 108 valence electrons. The summed E-state index contributed by atoms with van der Waals surface area (Å²) in [6.45, 7) is 13.0. The largest absolute Gasteiger partial charge is 0.465 e. The van der Waals surface area contributed by atoms with Gasteiger partial charge in [-0.15, -0.1) is 0 Å². The lowest BCUT2D eigenvalue weighted by Crippen LogP contribution is -2.42. The highest BCUT2D eigenvalue weighted by atomic mass is 16.5. The molecule has 1 aliphatic heterocycles. The van der Waals surface area contributed by atoms with E-state index in [0.29, 0.717) is 12.1 Å². The van der Waals surface area contributed by atoms with Crippen LogP contribution in [0.5, 0.6) is 0 Å². The first-order valence-electron chi connectivity index (χ1n) is 7.19. The molecule has 2 rings (SSSR count). The van der Waals surface area contributed by atoms with E-state index in [9.17, 15) is 0 Å². The molecule has 1 N–H and O–H groups in total. The number of hydrogen-bond acceptors (Lipinski definition) is 4. The minimum Gasteiger partial charge on any atom is -0.465 e. The van der Waals surface area contributed by atoms with Crippen molar-refractivity contribution >= 4 is 0 Å². The summed E-state index contributed by atoms with van der Waals surface area (Å²) in [5.74, 6) is 2.07. The van der Waals surface area contributed by atoms with Crippen LogP contribution in [0, 0.1) is 6.92 Å². The van der Waals surface area contributed by atoms with Gasteiger partial charge in [-0.1, -0.05) is 13.8 Å². The number of aryl methyl sites for hydroxylation is 1. The Morgan fingerprint density at radius 3 is 2.95 bits per heavy atom. The fraction of sp³-hybridized carbons (Fsp3) is 0.733. The van der Waals surface area contributed by atoms with Crippen molar-refractivity contribution in [3.8, 4) is 0 Å². The Morgan fingerprint density at radius 1 is 1.47 bits per heavy atom. The van der Waals surface area contributed by atoms with Crippen LogP contribution in [0.4, 0.5) is 0 Å². The van der Waals surface area contributed by atoms with E-state index in [0.717, 1.165) is 44.4 Å². The lowest BCUT2D eigenvalue weighted by molar-refractivity contribution is -0.00454. The summed E-state index contributed by atoms with van der Waals surface area (Å²) in [6, 6.07) is 3.15. The molecule has 4 heteroatoms. The van der Waals surface area contributed by atoms with E-state index in [4.69, 9.17) is 9.15 Å². The highest BCUT2D eigenvalue weighted by molar-refractivity contribution is 5.21. The Bertz CT molecular complexity index is 401. The Morgan fingerprint density at radius 2 is 2.26 bits per heavy atom. The maximum absolute atomic E-state index is 5.82. The van der Waals surface area contributed by atoms with Gasteiger partial charge in [-0.2, -0.15) is 0 Å². The second kappa shape index (κ2) is 6.55. The molecule has 1 aromatic heterocycles. The molecule has 0 radical (unpaired) electrons. The van der Waals surface area contributed by atoms with Crippen LogP contribution in [0.3, 0.4) is 0 Å². The van der Waals surface area contributed by atoms with Gasteiger partial charge in [-0.25, -0.2) is 0 Å². The third-order valence-corrected chi connectivity index (χ3v) is 3.63. The van der Waals surface area contributed by atoms with Crippen LogP contribution in [-0.2, 0) is 17.8 Å². The summed E-state index contributed by atoms with van der Waals surface area (Å²) in [7, 11) is 0. The van der Waals surface area contributed by atoms with Crippen molar-refractivity contribution in [2.24, 2.45) is 0 Å². The Labute approximate surface area is 116 Å². The zero-order chi connectivity index (χ0) is 13.8. The number of nitrogens with zero attached hydrogens (tertiary/aromatic N) is 1. The molecule has 0 amide bonds. The quantitative estimate of drug-likeness (QED) is 0.887. The molecule has 1 aromatic rings. The highest BCUT2D eigenvalue weighted by Gasteiger charge is 2.20. The summed E-state index contributed by atoms with van der Waals surface area (Å²) in [6.07, 6.45) is 0. The van der Waals surface area contributed by atoms with E-state index in [-0.39, 0.29) is 0 Å². The molecule has 4 nitrogen and oxygen atoms in total. The van der Waals surface area contributed by atoms with E-state index in [1.54, 1.807) is 0 Å². The van der Waals surface area contributed by atoms with Gasteiger partial charge in [0.1, 0.15) is 11.5 Å². The topological polar surface area (TPSA) is 37.6 Å². The van der Waals surface area contributed by atoms with E-state index in [1.807, 2.05) is 0 Å². The molecule has 2 heterocycles. The van der Waals surface area contributed by atoms with Gasteiger partial charge in [0.15, 0.2) is 0 Å². The van der Waals surface area contributed by atoms with Crippen LogP contribution in [0.25, 0.3) is 0 Å². The van der Waals surface area contributed by atoms with Gasteiger partial charge in [-0.3, -0.25) is 4.90 Å². The molecule has 0 saturated carbocycles. The van der Waals surface area contributed by atoms with Crippen LogP contribution < -0.4 is 5.32 Å². The fourth-order valence-electron chi connectivity index (χ4n) is 2.35. The Balaban J connectivity index is 1.96. The molecule has 0 aromatic carbocycles. The van der Waals surface area contributed by atoms with Crippen LogP contribution in [-0.4, -0.2) is 36.7 Å². The predicted octanol–water partition coefficient (Wildman–Crippen LogP) is 2.31. The molecule has 0 aliphatic carbocycles. The molecule has 19 heavy (non-hydrogen) atoms. The standard InChI is InChI=1S/C15H26N2O2/c1-11(2)16-8-15-7-14(13(4)19-15)9-17-5-6-18-10-12(17)3/h7,11-12,16H,5-6,8-10H2,1-4H3. The summed E-state index contributed by atoms with van der Waals surface area (Å²) in [5.41, 5.74) is 1.30. The second-order valence-corrected chi connectivity index (χ2v) is 5.72. The SMILES string of the molecule is Cc1oc(CNC(C)C)cc1CN1CCOCC1C. The highest BCUT2D eigenvalue weighted by Crippen LogP contribution is 2.19. The summed E-state index contributed by atoms with van der Waals surface area (Å²) >= 11 is 0. The lowest BCUT2D eigenvalue weighted by atomic mass is 10.2. The first kappa shape index (κ1) is 14.6. The van der Waals surface area contributed by atoms with E-state index in [2.05, 4.69) is 44.0 Å². The van der Waals surface area contributed by atoms with Gasteiger partial charge in [0.25, 0.3) is 0 Å². The van der Waals surface area contributed by atoms with Gasteiger partial charge in [0.05, 0.1) is 19.8 Å². The van der Waals surface area contributed by atoms with Crippen molar-refractivity contribution in [1.82, 2.24) is 10.2 Å². The molecule has 0 spiro atoms. The molecule has 1 unspecified atom stereocenters. The number of rotatable bonds is 5. The molecular weight excluding hydrogens is 240 g/mol. The average Bonchev–Trinajstić information content (AvgIpc) is 2.71. The minimum atomic E-state index is 0.480. The molecule has 1 atom stereocenters. The van der Waals surface area contributed by atoms with Crippen molar-refractivity contribution < 1.29 is 9.15 Å². The number of nitrogens with one attached hydrogen (secondary N) is 1. The minimum absolute atomic E-state index is 0.480. The van der Waals surface area contributed by atoms with Gasteiger partial charge < -0.3 is 14.5 Å². The zero-order valence-corrected chi connectivity index (χ0v) is 12.5. The number of ether oxygens (including phenoxy) is 1. The zero-order valence-electron chi connectivity index (χ0n) is 12.5. The van der Waals surface area contributed by atoms with Crippen molar-refractivity contribution in [2.45, 2.75) is 52.9 Å². The van der Waals surface area contributed by atoms with Crippen LogP contribution in [0.15, 0.2) is 10.5 Å². The van der Waals surface area contributed by atoms with Crippen LogP contribution >= 0.6 is 0 Å². The Hall–Kier alpha value is -0.840. The van der Waals surface area contributed by atoms with Crippen LogP contribution in [0.2, 0.25) is 0 Å². The molecule has 1 saturated heterocycles. The van der Waals surface area contributed by atoms with E-state index in [1.165, 1.54) is 5.56 Å². The maximum Gasteiger partial charge on any atom is 0.118 e. The van der Waals surface area contributed by atoms with Gasteiger partial charge >= 0.3 is 0 Å². The molecular formula is C15H26N2O2. The average molecular weight is 266 g/mol. The van der Waals surface area contributed by atoms with Crippen molar-refractivity contribution in [1.29, 1.82) is 0 Å². The molecule has 1 fully saturated rings. The van der Waals surface area contributed by atoms with Crippen molar-refractivity contribution in [3.63, 3.8) is 0 Å². The van der Waals surface area contributed by atoms with Gasteiger partial charge in [0.2, 0.25) is 0 Å². The first-order valence-corrected chi connectivity index (χ1v) is 7.19. The smallest absolute Gasteiger partial charge is 0.118 e. The summed E-state index contributed by atoms with van der Waals surface area (Å²) in [5, 5.41) is 3.39. The lowest BCUT2D eigenvalue weighted by Gasteiger charge is -2.32. The Kier molecular flexibility index (Phi) is 5.02. The fourth-order valence-corrected chi connectivity index (χ4v) is 2.35. The predicted molar refractivity (Wildman–Crippen MR) is 76.1 cm³/mol. The normalized spacial score (nSPS) is 21.2. The van der Waals surface area contributed by atoms with Gasteiger partial charge in [0, 0.05) is 30.7 Å². The third-order valence-electron chi connectivity index (χ3n) is 3.63. The second-order valence-electron chi connectivity index (χ2n) is 5.72.